The second-order valence-corrected chi connectivity index (χ2v) is 21.9. The molecule has 5 heteroatoms. The van der Waals surface area contributed by atoms with Crippen LogP contribution in [0, 0.1) is 11.5 Å². The standard InChI is InChI=1S/C39H49N3.C22H23N.Pt/c1-24(2)27-20-33(25(3)4)37(34(21-27)26(5)6)29-17-28(35-22-30(13-15-40-35)38(7,8)9)18-32(19-29)42-36-23-31(14-16-41-36)39(10,11)12;1-22(2,3)16-17-4-6-18(7-5-17)19-8-10-20(11-9-19)21-12-14-23-15-13-21;/h13-17,19-26H,1-12H3;4-15H,16H2,1-3H3;/q-2;;+2. The minimum atomic E-state index is 0. The van der Waals surface area contributed by atoms with Gasteiger partial charge in [-0.2, -0.15) is 0 Å². The summed E-state index contributed by atoms with van der Waals surface area (Å²) in [6.45, 7) is 33.9. The molecular formula is C61H72N4Pt. The SMILES string of the molecule is CC(C)(C)Cc1ccc(-c2ccc(-c3ccncc3)cc2)cc1.CC(C)c1cc(C(C)C)c(-c2cc(N=c3cc(C(C)(C)C)cc[n-]3)[c-]c(-c3cc(C(C)(C)C)ccn3)c2)c(C(C)C)c1.[Pt+2]. The first kappa shape index (κ1) is 51.8. The van der Waals surface area contributed by atoms with Crippen molar-refractivity contribution in [1.82, 2.24) is 15.0 Å². The first-order valence-electron chi connectivity index (χ1n) is 23.6. The van der Waals surface area contributed by atoms with Crippen molar-refractivity contribution in [2.24, 2.45) is 10.4 Å². The minimum Gasteiger partial charge on any atom is -0.455 e. The third-order valence-electron chi connectivity index (χ3n) is 11.9. The van der Waals surface area contributed by atoms with Gasteiger partial charge >= 0.3 is 21.1 Å². The molecule has 66 heavy (non-hydrogen) atoms. The van der Waals surface area contributed by atoms with Crippen LogP contribution in [-0.2, 0) is 38.3 Å². The van der Waals surface area contributed by atoms with Crippen LogP contribution in [0.3, 0.4) is 0 Å². The summed E-state index contributed by atoms with van der Waals surface area (Å²) in [6, 6.07) is 43.1. The number of hydrogen-bond acceptors (Lipinski definition) is 3. The zero-order valence-corrected chi connectivity index (χ0v) is 44.5. The molecule has 346 valence electrons. The Morgan fingerprint density at radius 3 is 1.56 bits per heavy atom. The topological polar surface area (TPSA) is 52.2 Å². The molecule has 7 rings (SSSR count). The molecule has 0 N–H and O–H groups in total. The average molecular weight is 1060 g/mol. The van der Waals surface area contributed by atoms with Gasteiger partial charge in [0.1, 0.15) is 0 Å². The molecule has 7 aromatic rings. The molecule has 4 aromatic carbocycles. The first-order valence-corrected chi connectivity index (χ1v) is 23.6. The normalized spacial score (nSPS) is 12.3. The van der Waals surface area contributed by atoms with Crippen LogP contribution in [-0.4, -0.2) is 9.97 Å². The molecule has 0 atom stereocenters. The first-order chi connectivity index (χ1) is 30.6. The van der Waals surface area contributed by atoms with Crippen molar-refractivity contribution in [2.45, 2.75) is 139 Å². The van der Waals surface area contributed by atoms with Gasteiger partial charge in [-0.15, -0.1) is 35.0 Å². The number of nitrogens with zero attached hydrogens (tertiary/aromatic N) is 4. The Morgan fingerprint density at radius 1 is 0.545 bits per heavy atom. The summed E-state index contributed by atoms with van der Waals surface area (Å²) < 4.78 is 0. The Balaban J connectivity index is 0.000000287. The average Bonchev–Trinajstić information content (AvgIpc) is 3.25. The molecule has 0 aliphatic carbocycles. The fraction of sp³-hybridized carbons (Fsp3) is 0.361. The molecule has 3 heterocycles. The molecular weight excluding hydrogens is 984 g/mol. The summed E-state index contributed by atoms with van der Waals surface area (Å²) in [4.78, 5) is 18.6. The van der Waals surface area contributed by atoms with Gasteiger partial charge in [0.2, 0.25) is 0 Å². The van der Waals surface area contributed by atoms with Crippen molar-refractivity contribution in [3.05, 3.63) is 179 Å². The predicted molar refractivity (Wildman–Crippen MR) is 277 cm³/mol. The number of pyridine rings is 3. The van der Waals surface area contributed by atoms with Gasteiger partial charge < -0.3 is 15.0 Å². The summed E-state index contributed by atoms with van der Waals surface area (Å²) in [7, 11) is 0. The van der Waals surface area contributed by atoms with Crippen molar-refractivity contribution in [3.63, 3.8) is 0 Å². The molecule has 0 aliphatic rings. The summed E-state index contributed by atoms with van der Waals surface area (Å²) in [5.41, 5.74) is 19.1. The fourth-order valence-electron chi connectivity index (χ4n) is 8.13. The van der Waals surface area contributed by atoms with Crippen molar-refractivity contribution in [1.29, 1.82) is 0 Å². The maximum Gasteiger partial charge on any atom is 2.00 e. The van der Waals surface area contributed by atoms with Crippen LogP contribution in [0.5, 0.6) is 0 Å². The molecule has 0 radical (unpaired) electrons. The number of hydrogen-bond donors (Lipinski definition) is 0. The molecule has 3 aromatic heterocycles. The number of aromatic nitrogens is 3. The van der Waals surface area contributed by atoms with Gasteiger partial charge in [-0.05, 0) is 126 Å². The number of rotatable bonds is 9. The minimum absolute atomic E-state index is 0. The molecule has 0 fully saturated rings. The van der Waals surface area contributed by atoms with Gasteiger partial charge in [0.05, 0.1) is 0 Å². The zero-order valence-electron chi connectivity index (χ0n) is 42.2. The molecule has 0 aliphatic heterocycles. The molecule has 0 amide bonds. The number of benzene rings is 4. The van der Waals surface area contributed by atoms with E-state index in [0.717, 1.165) is 28.9 Å². The van der Waals surface area contributed by atoms with E-state index in [-0.39, 0.29) is 31.9 Å². The predicted octanol–water partition coefficient (Wildman–Crippen LogP) is 16.4. The van der Waals surface area contributed by atoms with Gasteiger partial charge in [0.15, 0.2) is 0 Å². The van der Waals surface area contributed by atoms with Crippen molar-refractivity contribution >= 4 is 5.69 Å². The maximum absolute atomic E-state index is 5.06. The van der Waals surface area contributed by atoms with Crippen molar-refractivity contribution in [2.75, 3.05) is 0 Å². The third-order valence-corrected chi connectivity index (χ3v) is 11.9. The van der Waals surface area contributed by atoms with Crippen LogP contribution in [0.2, 0.25) is 0 Å². The van der Waals surface area contributed by atoms with E-state index in [1.807, 2.05) is 36.9 Å². The summed E-state index contributed by atoms with van der Waals surface area (Å²) in [6.07, 6.45) is 8.54. The zero-order chi connectivity index (χ0) is 47.3. The van der Waals surface area contributed by atoms with E-state index in [9.17, 15) is 0 Å². The van der Waals surface area contributed by atoms with E-state index in [0.29, 0.717) is 28.7 Å². The van der Waals surface area contributed by atoms with Gasteiger partial charge in [0.25, 0.3) is 0 Å². The van der Waals surface area contributed by atoms with Gasteiger partial charge in [-0.25, -0.2) is 0 Å². The molecule has 4 nitrogen and oxygen atoms in total. The van der Waals surface area contributed by atoms with E-state index < -0.39 is 0 Å². The molecule has 0 unspecified atom stereocenters. The van der Waals surface area contributed by atoms with Gasteiger partial charge in [-0.1, -0.05) is 194 Å². The fourth-order valence-corrected chi connectivity index (χ4v) is 8.13. The Kier molecular flexibility index (Phi) is 17.0. The van der Waals surface area contributed by atoms with E-state index >= 15 is 0 Å². The second kappa shape index (κ2) is 21.6. The largest absolute Gasteiger partial charge is 2.00 e. The molecule has 0 saturated heterocycles. The summed E-state index contributed by atoms with van der Waals surface area (Å²) in [5, 5.41) is 0. The van der Waals surface area contributed by atoms with Crippen molar-refractivity contribution in [3.8, 4) is 44.6 Å². The Labute approximate surface area is 412 Å². The molecule has 0 saturated carbocycles. The van der Waals surface area contributed by atoms with Crippen LogP contribution in [0.15, 0.2) is 139 Å². The third kappa shape index (κ3) is 13.7. The Bertz CT molecular complexity index is 2710. The summed E-state index contributed by atoms with van der Waals surface area (Å²) in [5.74, 6) is 1.21. The van der Waals surface area contributed by atoms with Crippen LogP contribution in [0.4, 0.5) is 5.69 Å². The van der Waals surface area contributed by atoms with Crippen LogP contribution in [0.1, 0.15) is 155 Å². The van der Waals surface area contributed by atoms with E-state index in [1.165, 1.54) is 61.2 Å². The van der Waals surface area contributed by atoms with Crippen LogP contribution >= 0.6 is 0 Å². The quantitative estimate of drug-likeness (QED) is 0.135. The Morgan fingerprint density at radius 2 is 1.06 bits per heavy atom. The Hall–Kier alpha value is -5.18. The van der Waals surface area contributed by atoms with E-state index in [4.69, 9.17) is 9.98 Å². The van der Waals surface area contributed by atoms with E-state index in [2.05, 4.69) is 217 Å². The van der Waals surface area contributed by atoms with E-state index in [1.54, 1.807) is 0 Å². The van der Waals surface area contributed by atoms with Crippen LogP contribution < -0.4 is 10.5 Å². The second-order valence-electron chi connectivity index (χ2n) is 21.9. The van der Waals surface area contributed by atoms with Gasteiger partial charge in [-0.3, -0.25) is 4.98 Å². The maximum atomic E-state index is 5.06. The smallest absolute Gasteiger partial charge is 0.455 e. The van der Waals surface area contributed by atoms with Crippen molar-refractivity contribution < 1.29 is 21.1 Å². The summed E-state index contributed by atoms with van der Waals surface area (Å²) >= 11 is 0. The molecule has 0 spiro atoms. The monoisotopic (exact) mass is 1060 g/mol. The van der Waals surface area contributed by atoms with Gasteiger partial charge in [0, 0.05) is 18.6 Å². The van der Waals surface area contributed by atoms with Crippen LogP contribution in [0.25, 0.3) is 44.6 Å². The molecule has 0 bridgehead atoms.